The minimum absolute atomic E-state index is 0.930. The first-order chi connectivity index (χ1) is 7.31. The predicted octanol–water partition coefficient (Wildman–Crippen LogP) is 6.15. The molecule has 0 bridgehead atoms. The van der Waals surface area contributed by atoms with Crippen LogP contribution in [0.2, 0.25) is 0 Å². The Morgan fingerprint density at radius 3 is 1.87 bits per heavy atom. The summed E-state index contributed by atoms with van der Waals surface area (Å²) >= 11 is 5.10. The van der Waals surface area contributed by atoms with E-state index in [0.717, 1.165) is 3.92 Å². The molecule has 0 aliphatic rings. The van der Waals surface area contributed by atoms with E-state index in [9.17, 15) is 0 Å². The zero-order chi connectivity index (χ0) is 11.4. The van der Waals surface area contributed by atoms with Crippen molar-refractivity contribution >= 4 is 45.2 Å². The lowest BCUT2D eigenvalue weighted by atomic mass is 10.1. The van der Waals surface area contributed by atoms with E-state index in [0.29, 0.717) is 0 Å². The summed E-state index contributed by atoms with van der Waals surface area (Å²) in [6.45, 7) is 2.29. The van der Waals surface area contributed by atoms with Gasteiger partial charge in [-0.15, -0.1) is 0 Å². The fraction of sp³-hybridized carbons (Fsp3) is 1.00. The van der Waals surface area contributed by atoms with Crippen LogP contribution in [0.4, 0.5) is 0 Å². The normalized spacial score (nSPS) is 13.0. The van der Waals surface area contributed by atoms with Crippen LogP contribution in [0.15, 0.2) is 0 Å². The standard InChI is InChI=1S/C13H26I2/c1-2-3-4-5-6-7-8-9-10-13(15)11-12-14/h13H,2-12H2,1H3. The Hall–Kier alpha value is 1.46. The molecular weight excluding hydrogens is 410 g/mol. The molecule has 0 spiro atoms. The van der Waals surface area contributed by atoms with Gasteiger partial charge in [0.25, 0.3) is 0 Å². The molecule has 0 N–H and O–H groups in total. The number of hydrogen-bond donors (Lipinski definition) is 0. The average Bonchev–Trinajstić information content (AvgIpc) is 2.22. The Kier molecular flexibility index (Phi) is 14.8. The van der Waals surface area contributed by atoms with Gasteiger partial charge in [0.2, 0.25) is 0 Å². The number of alkyl halides is 2. The van der Waals surface area contributed by atoms with Gasteiger partial charge < -0.3 is 0 Å². The SMILES string of the molecule is CCCCCCCCCCC(I)CCI. The van der Waals surface area contributed by atoms with Gasteiger partial charge in [-0.05, 0) is 12.8 Å². The molecule has 2 heteroatoms. The summed E-state index contributed by atoms with van der Waals surface area (Å²) in [5, 5.41) is 0. The third-order valence-corrected chi connectivity index (χ3v) is 4.66. The lowest BCUT2D eigenvalue weighted by Crippen LogP contribution is -1.97. The number of rotatable bonds is 11. The van der Waals surface area contributed by atoms with E-state index in [2.05, 4.69) is 52.1 Å². The summed E-state index contributed by atoms with van der Waals surface area (Å²) in [6.07, 6.45) is 14.4. The van der Waals surface area contributed by atoms with Gasteiger partial charge in [0.1, 0.15) is 0 Å². The highest BCUT2D eigenvalue weighted by Gasteiger charge is 2.01. The van der Waals surface area contributed by atoms with E-state index in [4.69, 9.17) is 0 Å². The molecule has 0 saturated heterocycles. The molecule has 1 atom stereocenters. The first kappa shape index (κ1) is 16.5. The van der Waals surface area contributed by atoms with Gasteiger partial charge in [-0.25, -0.2) is 0 Å². The summed E-state index contributed by atoms with van der Waals surface area (Å²) in [6, 6.07) is 0. The molecule has 92 valence electrons. The Balaban J connectivity index is 2.98. The molecule has 0 aromatic heterocycles. The second kappa shape index (κ2) is 13.5. The Labute approximate surface area is 124 Å². The quantitative estimate of drug-likeness (QED) is 0.207. The molecule has 0 aromatic rings. The maximum atomic E-state index is 2.62. The summed E-state index contributed by atoms with van der Waals surface area (Å²) in [7, 11) is 0. The van der Waals surface area contributed by atoms with Crippen molar-refractivity contribution in [3.63, 3.8) is 0 Å². The molecule has 1 unspecified atom stereocenters. The van der Waals surface area contributed by atoms with Gasteiger partial charge in [-0.3, -0.25) is 0 Å². The van der Waals surface area contributed by atoms with Crippen LogP contribution in [-0.2, 0) is 0 Å². The third-order valence-electron chi connectivity index (χ3n) is 2.79. The van der Waals surface area contributed by atoms with Gasteiger partial charge in [0.15, 0.2) is 0 Å². The molecule has 0 nitrogen and oxygen atoms in total. The van der Waals surface area contributed by atoms with E-state index in [1.807, 2.05) is 0 Å². The number of hydrogen-bond acceptors (Lipinski definition) is 0. The van der Waals surface area contributed by atoms with Crippen LogP contribution in [0.3, 0.4) is 0 Å². The molecule has 0 fully saturated rings. The molecule has 0 radical (unpaired) electrons. The first-order valence-electron chi connectivity index (χ1n) is 6.51. The van der Waals surface area contributed by atoms with E-state index in [-0.39, 0.29) is 0 Å². The third kappa shape index (κ3) is 13.4. The topological polar surface area (TPSA) is 0 Å². The molecule has 0 aliphatic heterocycles. The van der Waals surface area contributed by atoms with Crippen molar-refractivity contribution < 1.29 is 0 Å². The van der Waals surface area contributed by atoms with Gasteiger partial charge in [0.05, 0.1) is 0 Å². The molecule has 0 heterocycles. The molecule has 0 rings (SSSR count). The fourth-order valence-corrected chi connectivity index (χ4v) is 4.46. The zero-order valence-electron chi connectivity index (χ0n) is 10.1. The van der Waals surface area contributed by atoms with E-state index in [1.165, 1.54) is 68.6 Å². The average molecular weight is 436 g/mol. The van der Waals surface area contributed by atoms with Crippen LogP contribution in [0.5, 0.6) is 0 Å². The fourth-order valence-electron chi connectivity index (χ4n) is 1.76. The first-order valence-corrected chi connectivity index (χ1v) is 9.28. The summed E-state index contributed by atoms with van der Waals surface area (Å²) in [5.41, 5.74) is 0. The van der Waals surface area contributed by atoms with Crippen molar-refractivity contribution in [2.45, 2.75) is 75.1 Å². The van der Waals surface area contributed by atoms with E-state index >= 15 is 0 Å². The highest BCUT2D eigenvalue weighted by molar-refractivity contribution is 14.1. The van der Waals surface area contributed by atoms with Crippen molar-refractivity contribution in [1.82, 2.24) is 0 Å². The summed E-state index contributed by atoms with van der Waals surface area (Å²) in [5.74, 6) is 0. The van der Waals surface area contributed by atoms with E-state index in [1.54, 1.807) is 0 Å². The Bertz CT molecular complexity index is 115. The molecule has 0 saturated carbocycles. The van der Waals surface area contributed by atoms with Crippen LogP contribution in [-0.4, -0.2) is 8.35 Å². The lowest BCUT2D eigenvalue weighted by molar-refractivity contribution is 0.562. The molecule has 0 aromatic carbocycles. The second-order valence-corrected chi connectivity index (χ2v) is 7.18. The smallest absolute Gasteiger partial charge is 0.0117 e. The minimum Gasteiger partial charge on any atom is -0.0863 e. The highest BCUT2D eigenvalue weighted by atomic mass is 127. The van der Waals surface area contributed by atoms with Gasteiger partial charge in [-0.2, -0.15) is 0 Å². The van der Waals surface area contributed by atoms with Crippen LogP contribution in [0, 0.1) is 0 Å². The minimum atomic E-state index is 0.930. The van der Waals surface area contributed by atoms with Crippen LogP contribution >= 0.6 is 45.2 Å². The number of halogens is 2. The molecule has 0 aliphatic carbocycles. The van der Waals surface area contributed by atoms with Crippen molar-refractivity contribution in [2.24, 2.45) is 0 Å². The van der Waals surface area contributed by atoms with E-state index < -0.39 is 0 Å². The Morgan fingerprint density at radius 2 is 1.33 bits per heavy atom. The van der Waals surface area contributed by atoms with Crippen molar-refractivity contribution in [2.75, 3.05) is 4.43 Å². The molecular formula is C13H26I2. The molecule has 0 amide bonds. The summed E-state index contributed by atoms with van der Waals surface area (Å²) < 4.78 is 2.25. The predicted molar refractivity (Wildman–Crippen MR) is 88.5 cm³/mol. The monoisotopic (exact) mass is 436 g/mol. The molecule has 15 heavy (non-hydrogen) atoms. The maximum absolute atomic E-state index is 2.62. The van der Waals surface area contributed by atoms with Crippen molar-refractivity contribution in [3.8, 4) is 0 Å². The van der Waals surface area contributed by atoms with Gasteiger partial charge >= 0.3 is 0 Å². The highest BCUT2D eigenvalue weighted by Crippen LogP contribution is 2.17. The van der Waals surface area contributed by atoms with Gasteiger partial charge in [0, 0.05) is 8.35 Å². The van der Waals surface area contributed by atoms with Crippen LogP contribution < -0.4 is 0 Å². The zero-order valence-corrected chi connectivity index (χ0v) is 14.4. The Morgan fingerprint density at radius 1 is 0.800 bits per heavy atom. The van der Waals surface area contributed by atoms with Crippen LogP contribution in [0.25, 0.3) is 0 Å². The number of unbranched alkanes of at least 4 members (excludes halogenated alkanes) is 7. The summed E-state index contributed by atoms with van der Waals surface area (Å²) in [4.78, 5) is 0. The second-order valence-electron chi connectivity index (χ2n) is 4.34. The van der Waals surface area contributed by atoms with Gasteiger partial charge in [-0.1, -0.05) is 103 Å². The van der Waals surface area contributed by atoms with Crippen molar-refractivity contribution in [1.29, 1.82) is 0 Å². The largest absolute Gasteiger partial charge is 0.0863 e. The lowest BCUT2D eigenvalue weighted by Gasteiger charge is -2.07. The van der Waals surface area contributed by atoms with Crippen LogP contribution in [0.1, 0.15) is 71.1 Å². The van der Waals surface area contributed by atoms with Crippen molar-refractivity contribution in [3.05, 3.63) is 0 Å². The maximum Gasteiger partial charge on any atom is 0.0117 e.